The third-order valence-electron chi connectivity index (χ3n) is 2.31. The summed E-state index contributed by atoms with van der Waals surface area (Å²) in [5.41, 5.74) is 0.0724. The average molecular weight is 273 g/mol. The number of hydrogen-bond donors (Lipinski definition) is 1. The summed E-state index contributed by atoms with van der Waals surface area (Å²) in [4.78, 5) is 10.7. The molecule has 5 heteroatoms. The standard InChI is InChI=1S/C13H17ClO4/c1-2-3-6-17-7-8-18-10-4-5-11(13(15)16)12(14)9-10/h4-5,9H,2-3,6-8H2,1H3,(H,15,16). The van der Waals surface area contributed by atoms with Gasteiger partial charge in [-0.3, -0.25) is 0 Å². The van der Waals surface area contributed by atoms with Gasteiger partial charge in [0.15, 0.2) is 0 Å². The van der Waals surface area contributed by atoms with Crippen LogP contribution in [0.25, 0.3) is 0 Å². The number of hydrogen-bond acceptors (Lipinski definition) is 3. The van der Waals surface area contributed by atoms with Crippen molar-refractivity contribution in [1.29, 1.82) is 0 Å². The Bertz CT molecular complexity index is 393. The largest absolute Gasteiger partial charge is 0.491 e. The first-order valence-electron chi connectivity index (χ1n) is 5.88. The van der Waals surface area contributed by atoms with E-state index < -0.39 is 5.97 Å². The molecule has 1 N–H and O–H groups in total. The first-order chi connectivity index (χ1) is 8.65. The average Bonchev–Trinajstić information content (AvgIpc) is 2.33. The van der Waals surface area contributed by atoms with Crippen molar-refractivity contribution in [3.8, 4) is 5.75 Å². The zero-order valence-electron chi connectivity index (χ0n) is 10.3. The predicted octanol–water partition coefficient (Wildman–Crippen LogP) is 3.23. The van der Waals surface area contributed by atoms with Gasteiger partial charge in [0.25, 0.3) is 0 Å². The van der Waals surface area contributed by atoms with Crippen LogP contribution in [0, 0.1) is 0 Å². The lowest BCUT2D eigenvalue weighted by Crippen LogP contribution is -2.07. The predicted molar refractivity (Wildman–Crippen MR) is 69.6 cm³/mol. The van der Waals surface area contributed by atoms with Crippen molar-refractivity contribution < 1.29 is 19.4 Å². The summed E-state index contributed by atoms with van der Waals surface area (Å²) in [7, 11) is 0. The van der Waals surface area contributed by atoms with E-state index in [9.17, 15) is 4.79 Å². The van der Waals surface area contributed by atoms with Gasteiger partial charge < -0.3 is 14.6 Å². The van der Waals surface area contributed by atoms with Crippen LogP contribution in [-0.2, 0) is 4.74 Å². The summed E-state index contributed by atoms with van der Waals surface area (Å²) in [6.07, 6.45) is 2.15. The molecule has 0 amide bonds. The number of ether oxygens (including phenoxy) is 2. The second-order valence-electron chi connectivity index (χ2n) is 3.76. The monoisotopic (exact) mass is 272 g/mol. The molecule has 1 rings (SSSR count). The summed E-state index contributed by atoms with van der Waals surface area (Å²) in [6.45, 7) is 3.77. The first kappa shape index (κ1) is 14.8. The van der Waals surface area contributed by atoms with E-state index in [0.717, 1.165) is 19.4 Å². The molecule has 1 aromatic rings. The molecular weight excluding hydrogens is 256 g/mol. The molecule has 0 aliphatic heterocycles. The van der Waals surface area contributed by atoms with Crippen LogP contribution in [0.4, 0.5) is 0 Å². The Morgan fingerprint density at radius 2 is 2.11 bits per heavy atom. The van der Waals surface area contributed by atoms with Gasteiger partial charge in [0.05, 0.1) is 17.2 Å². The number of benzene rings is 1. The normalized spacial score (nSPS) is 10.3. The van der Waals surface area contributed by atoms with Crippen molar-refractivity contribution in [3.05, 3.63) is 28.8 Å². The van der Waals surface area contributed by atoms with Crippen LogP contribution < -0.4 is 4.74 Å². The number of carboxylic acid groups (broad SMARTS) is 1. The van der Waals surface area contributed by atoms with Gasteiger partial charge in [0, 0.05) is 6.61 Å². The maximum absolute atomic E-state index is 10.7. The van der Waals surface area contributed by atoms with Gasteiger partial charge in [-0.15, -0.1) is 0 Å². The van der Waals surface area contributed by atoms with Crippen LogP contribution in [-0.4, -0.2) is 30.9 Å². The first-order valence-corrected chi connectivity index (χ1v) is 6.26. The molecule has 0 aliphatic carbocycles. The fourth-order valence-electron chi connectivity index (χ4n) is 1.33. The van der Waals surface area contributed by atoms with E-state index >= 15 is 0 Å². The molecule has 0 aromatic heterocycles. The zero-order valence-corrected chi connectivity index (χ0v) is 11.1. The number of carbonyl (C=O) groups is 1. The van der Waals surface area contributed by atoms with E-state index in [0.29, 0.717) is 19.0 Å². The highest BCUT2D eigenvalue weighted by Crippen LogP contribution is 2.22. The van der Waals surface area contributed by atoms with Crippen molar-refractivity contribution >= 4 is 17.6 Å². The van der Waals surface area contributed by atoms with Crippen molar-refractivity contribution in [2.75, 3.05) is 19.8 Å². The van der Waals surface area contributed by atoms with Crippen molar-refractivity contribution in [3.63, 3.8) is 0 Å². The Labute approximate surface area is 111 Å². The molecule has 0 radical (unpaired) electrons. The summed E-state index contributed by atoms with van der Waals surface area (Å²) in [5.74, 6) is -0.501. The fourth-order valence-corrected chi connectivity index (χ4v) is 1.58. The molecule has 1 aromatic carbocycles. The van der Waals surface area contributed by atoms with Crippen LogP contribution >= 0.6 is 11.6 Å². The second kappa shape index (κ2) is 7.95. The van der Waals surface area contributed by atoms with Gasteiger partial charge in [-0.05, 0) is 24.6 Å². The Kier molecular flexibility index (Phi) is 6.54. The minimum Gasteiger partial charge on any atom is -0.491 e. The maximum Gasteiger partial charge on any atom is 0.337 e. The number of unbranched alkanes of at least 4 members (excludes halogenated alkanes) is 1. The summed E-state index contributed by atoms with van der Waals surface area (Å²) >= 11 is 5.81. The Morgan fingerprint density at radius 1 is 1.33 bits per heavy atom. The van der Waals surface area contributed by atoms with E-state index in [-0.39, 0.29) is 10.6 Å². The summed E-state index contributed by atoms with van der Waals surface area (Å²) in [6, 6.07) is 4.51. The SMILES string of the molecule is CCCCOCCOc1ccc(C(=O)O)c(Cl)c1. The third-order valence-corrected chi connectivity index (χ3v) is 2.62. The summed E-state index contributed by atoms with van der Waals surface area (Å²) in [5, 5.41) is 8.98. The molecule has 4 nitrogen and oxygen atoms in total. The molecule has 0 aliphatic rings. The highest BCUT2D eigenvalue weighted by molar-refractivity contribution is 6.33. The number of rotatable bonds is 8. The van der Waals surface area contributed by atoms with Crippen LogP contribution in [0.15, 0.2) is 18.2 Å². The van der Waals surface area contributed by atoms with Crippen molar-refractivity contribution in [1.82, 2.24) is 0 Å². The van der Waals surface area contributed by atoms with Crippen molar-refractivity contribution in [2.24, 2.45) is 0 Å². The van der Waals surface area contributed by atoms with Gasteiger partial charge >= 0.3 is 5.97 Å². The molecular formula is C13H17ClO4. The fraction of sp³-hybridized carbons (Fsp3) is 0.462. The van der Waals surface area contributed by atoms with E-state index in [2.05, 4.69) is 6.92 Å². The molecule has 0 saturated heterocycles. The van der Waals surface area contributed by atoms with Gasteiger partial charge in [-0.1, -0.05) is 24.9 Å². The van der Waals surface area contributed by atoms with Crippen LogP contribution in [0.5, 0.6) is 5.75 Å². The lowest BCUT2D eigenvalue weighted by molar-refractivity contribution is 0.0697. The number of carboxylic acids is 1. The molecule has 0 atom stereocenters. The maximum atomic E-state index is 10.7. The lowest BCUT2D eigenvalue weighted by Gasteiger charge is -2.08. The van der Waals surface area contributed by atoms with Gasteiger partial charge in [0.2, 0.25) is 0 Å². The molecule has 0 unspecified atom stereocenters. The quantitative estimate of drug-likeness (QED) is 0.738. The molecule has 0 fully saturated rings. The zero-order chi connectivity index (χ0) is 13.4. The molecule has 0 heterocycles. The van der Waals surface area contributed by atoms with E-state index in [1.807, 2.05) is 0 Å². The minimum absolute atomic E-state index is 0.0724. The molecule has 0 spiro atoms. The summed E-state index contributed by atoms with van der Waals surface area (Å²) < 4.78 is 10.7. The van der Waals surface area contributed by atoms with Crippen LogP contribution in [0.3, 0.4) is 0 Å². The third kappa shape index (κ3) is 4.94. The van der Waals surface area contributed by atoms with Gasteiger partial charge in [-0.2, -0.15) is 0 Å². The molecule has 0 saturated carbocycles. The Balaban J connectivity index is 2.35. The highest BCUT2D eigenvalue weighted by Gasteiger charge is 2.09. The number of halogens is 1. The van der Waals surface area contributed by atoms with Crippen molar-refractivity contribution in [2.45, 2.75) is 19.8 Å². The smallest absolute Gasteiger partial charge is 0.337 e. The van der Waals surface area contributed by atoms with Crippen LogP contribution in [0.2, 0.25) is 5.02 Å². The lowest BCUT2D eigenvalue weighted by atomic mass is 10.2. The van der Waals surface area contributed by atoms with E-state index in [4.69, 9.17) is 26.2 Å². The number of aromatic carboxylic acids is 1. The molecule has 0 bridgehead atoms. The van der Waals surface area contributed by atoms with Gasteiger partial charge in [0.1, 0.15) is 12.4 Å². The highest BCUT2D eigenvalue weighted by atomic mass is 35.5. The van der Waals surface area contributed by atoms with E-state index in [1.165, 1.54) is 12.1 Å². The van der Waals surface area contributed by atoms with Gasteiger partial charge in [-0.25, -0.2) is 4.79 Å². The molecule has 100 valence electrons. The Morgan fingerprint density at radius 3 is 2.72 bits per heavy atom. The van der Waals surface area contributed by atoms with Crippen LogP contribution in [0.1, 0.15) is 30.1 Å². The Hall–Kier alpha value is -1.26. The van der Waals surface area contributed by atoms with E-state index in [1.54, 1.807) is 6.07 Å². The molecule has 18 heavy (non-hydrogen) atoms. The second-order valence-corrected chi connectivity index (χ2v) is 4.17. The minimum atomic E-state index is -1.05. The topological polar surface area (TPSA) is 55.8 Å².